The zero-order valence-corrected chi connectivity index (χ0v) is 9.99. The molecule has 3 fully saturated rings. The lowest BCUT2D eigenvalue weighted by Gasteiger charge is -2.43. The van der Waals surface area contributed by atoms with E-state index in [0.29, 0.717) is 22.9 Å². The highest BCUT2D eigenvalue weighted by Gasteiger charge is 2.67. The van der Waals surface area contributed by atoms with Crippen LogP contribution in [0.15, 0.2) is 0 Å². The molecule has 0 aromatic heterocycles. The van der Waals surface area contributed by atoms with Crippen LogP contribution in [0.3, 0.4) is 0 Å². The molecule has 3 rings (SSSR count). The Morgan fingerprint density at radius 2 is 1.87 bits per heavy atom. The van der Waals surface area contributed by atoms with Crippen molar-refractivity contribution in [1.82, 2.24) is 0 Å². The Labute approximate surface area is 92.0 Å². The third kappa shape index (κ3) is 1.03. The molecule has 2 unspecified atom stereocenters. The second-order valence-corrected chi connectivity index (χ2v) is 6.54. The lowest BCUT2D eigenvalue weighted by atomic mass is 9.69. The summed E-state index contributed by atoms with van der Waals surface area (Å²) in [5, 5.41) is 9.65. The van der Waals surface area contributed by atoms with E-state index in [9.17, 15) is 5.11 Å². The Balaban J connectivity index is 1.98. The van der Waals surface area contributed by atoms with Crippen molar-refractivity contribution in [2.45, 2.75) is 58.8 Å². The van der Waals surface area contributed by atoms with Crippen LogP contribution in [0.2, 0.25) is 0 Å². The number of ether oxygens (including phenoxy) is 1. The number of fused-ring (bicyclic) bond motifs is 5. The van der Waals surface area contributed by atoms with Gasteiger partial charge >= 0.3 is 0 Å². The fourth-order valence-corrected chi connectivity index (χ4v) is 4.68. The molecular formula is C13H22O2. The van der Waals surface area contributed by atoms with Gasteiger partial charge in [-0.1, -0.05) is 20.8 Å². The summed E-state index contributed by atoms with van der Waals surface area (Å²) in [4.78, 5) is 0. The normalized spacial score (nSPS) is 56.8. The van der Waals surface area contributed by atoms with Crippen LogP contribution in [0.1, 0.15) is 46.5 Å². The molecule has 0 spiro atoms. The monoisotopic (exact) mass is 210 g/mol. The Bertz CT molecular complexity index is 286. The van der Waals surface area contributed by atoms with Gasteiger partial charge in [0.05, 0.1) is 6.10 Å². The van der Waals surface area contributed by atoms with E-state index in [-0.39, 0.29) is 0 Å². The van der Waals surface area contributed by atoms with E-state index >= 15 is 0 Å². The molecule has 3 aliphatic rings. The first-order chi connectivity index (χ1) is 6.97. The van der Waals surface area contributed by atoms with Crippen LogP contribution >= 0.6 is 0 Å². The Morgan fingerprint density at radius 3 is 2.60 bits per heavy atom. The first kappa shape index (κ1) is 10.1. The first-order valence-electron chi connectivity index (χ1n) is 6.30. The summed E-state index contributed by atoms with van der Waals surface area (Å²) in [6.07, 6.45) is 4.45. The first-order valence-corrected chi connectivity index (χ1v) is 6.30. The fraction of sp³-hybridized carbons (Fsp3) is 1.00. The molecule has 1 saturated heterocycles. The molecule has 0 radical (unpaired) electrons. The summed E-state index contributed by atoms with van der Waals surface area (Å²) in [6.45, 7) is 7.17. The second kappa shape index (κ2) is 2.78. The van der Waals surface area contributed by atoms with Gasteiger partial charge in [0.1, 0.15) is 0 Å². The van der Waals surface area contributed by atoms with Gasteiger partial charge in [0.2, 0.25) is 0 Å². The predicted molar refractivity (Wildman–Crippen MR) is 58.2 cm³/mol. The minimum Gasteiger partial charge on any atom is -0.368 e. The maximum Gasteiger partial charge on any atom is 0.154 e. The van der Waals surface area contributed by atoms with Gasteiger partial charge in [0.15, 0.2) is 6.29 Å². The third-order valence-electron chi connectivity index (χ3n) is 5.96. The van der Waals surface area contributed by atoms with Gasteiger partial charge in [-0.3, -0.25) is 0 Å². The van der Waals surface area contributed by atoms with Gasteiger partial charge in [-0.2, -0.15) is 0 Å². The van der Waals surface area contributed by atoms with Crippen molar-refractivity contribution in [1.29, 1.82) is 0 Å². The number of hydrogen-bond acceptors (Lipinski definition) is 2. The van der Waals surface area contributed by atoms with E-state index < -0.39 is 6.29 Å². The smallest absolute Gasteiger partial charge is 0.154 e. The largest absolute Gasteiger partial charge is 0.368 e. The highest BCUT2D eigenvalue weighted by molar-refractivity contribution is 5.15. The molecule has 5 atom stereocenters. The SMILES string of the molecule is CC1(C)C2CCC1(C)[C@H]1O[C@@H](O)CC[C@@H]21. The molecule has 0 amide bonds. The fourth-order valence-electron chi connectivity index (χ4n) is 4.68. The van der Waals surface area contributed by atoms with E-state index in [0.717, 1.165) is 18.8 Å². The quantitative estimate of drug-likeness (QED) is 0.666. The molecule has 0 aromatic rings. The Morgan fingerprint density at radius 1 is 1.13 bits per heavy atom. The standard InChI is InChI=1S/C13H22O2/c1-12(2)9-6-7-13(12,3)11-8(9)4-5-10(14)15-11/h8-11,14H,4-7H2,1-3H3/t8-,9?,10+,11-,13?/m0/s1. The number of aliphatic hydroxyl groups is 1. The van der Waals surface area contributed by atoms with Crippen molar-refractivity contribution in [3.63, 3.8) is 0 Å². The van der Waals surface area contributed by atoms with E-state index in [1.807, 2.05) is 0 Å². The van der Waals surface area contributed by atoms with E-state index in [2.05, 4.69) is 20.8 Å². The van der Waals surface area contributed by atoms with Gasteiger partial charge in [-0.15, -0.1) is 0 Å². The van der Waals surface area contributed by atoms with Crippen LogP contribution in [-0.4, -0.2) is 17.5 Å². The van der Waals surface area contributed by atoms with Crippen LogP contribution in [-0.2, 0) is 4.74 Å². The summed E-state index contributed by atoms with van der Waals surface area (Å²) in [5.74, 6) is 1.53. The predicted octanol–water partition coefficient (Wildman–Crippen LogP) is 2.56. The van der Waals surface area contributed by atoms with E-state index in [1.54, 1.807) is 0 Å². The average Bonchev–Trinajstić information content (AvgIpc) is 2.48. The summed E-state index contributed by atoms with van der Waals surface area (Å²) in [5.41, 5.74) is 0.691. The van der Waals surface area contributed by atoms with Crippen molar-refractivity contribution in [2.75, 3.05) is 0 Å². The number of aliphatic hydroxyl groups excluding tert-OH is 1. The van der Waals surface area contributed by atoms with Crippen molar-refractivity contribution in [3.8, 4) is 0 Å². The highest BCUT2D eigenvalue weighted by Crippen LogP contribution is 2.70. The molecule has 0 aromatic carbocycles. The minimum atomic E-state index is -0.502. The maximum absolute atomic E-state index is 9.65. The van der Waals surface area contributed by atoms with Crippen molar-refractivity contribution in [3.05, 3.63) is 0 Å². The number of hydrogen-bond donors (Lipinski definition) is 1. The second-order valence-electron chi connectivity index (χ2n) is 6.54. The van der Waals surface area contributed by atoms with E-state index in [1.165, 1.54) is 12.8 Å². The molecule has 2 bridgehead atoms. The molecule has 1 aliphatic heterocycles. The van der Waals surface area contributed by atoms with Crippen LogP contribution in [0.4, 0.5) is 0 Å². The van der Waals surface area contributed by atoms with Crippen molar-refractivity contribution >= 4 is 0 Å². The molecule has 2 aliphatic carbocycles. The summed E-state index contributed by atoms with van der Waals surface area (Å²) < 4.78 is 5.84. The van der Waals surface area contributed by atoms with Crippen molar-refractivity contribution < 1.29 is 9.84 Å². The van der Waals surface area contributed by atoms with Gasteiger partial charge in [-0.25, -0.2) is 0 Å². The molecule has 1 heterocycles. The van der Waals surface area contributed by atoms with Gasteiger partial charge in [-0.05, 0) is 48.3 Å². The zero-order chi connectivity index (χ0) is 10.8. The maximum atomic E-state index is 9.65. The lowest BCUT2D eigenvalue weighted by Crippen LogP contribution is -2.44. The molecule has 1 N–H and O–H groups in total. The van der Waals surface area contributed by atoms with Crippen LogP contribution in [0, 0.1) is 22.7 Å². The van der Waals surface area contributed by atoms with Crippen LogP contribution < -0.4 is 0 Å². The average molecular weight is 210 g/mol. The van der Waals surface area contributed by atoms with E-state index in [4.69, 9.17) is 4.74 Å². The van der Waals surface area contributed by atoms with Crippen LogP contribution in [0.25, 0.3) is 0 Å². The molecular weight excluding hydrogens is 188 g/mol. The van der Waals surface area contributed by atoms with Gasteiger partial charge in [0.25, 0.3) is 0 Å². The third-order valence-corrected chi connectivity index (χ3v) is 5.96. The highest BCUT2D eigenvalue weighted by atomic mass is 16.6. The molecule has 2 heteroatoms. The Kier molecular flexibility index (Phi) is 1.87. The molecule has 86 valence electrons. The Hall–Kier alpha value is -0.0800. The number of rotatable bonds is 0. The summed E-state index contributed by atoms with van der Waals surface area (Å²) in [7, 11) is 0. The topological polar surface area (TPSA) is 29.5 Å². The molecule has 2 nitrogen and oxygen atoms in total. The molecule has 2 saturated carbocycles. The van der Waals surface area contributed by atoms with Gasteiger partial charge in [0, 0.05) is 0 Å². The van der Waals surface area contributed by atoms with Gasteiger partial charge < -0.3 is 9.84 Å². The lowest BCUT2D eigenvalue weighted by molar-refractivity contribution is -0.212. The zero-order valence-electron chi connectivity index (χ0n) is 9.99. The van der Waals surface area contributed by atoms with Crippen molar-refractivity contribution in [2.24, 2.45) is 22.7 Å². The van der Waals surface area contributed by atoms with Crippen LogP contribution in [0.5, 0.6) is 0 Å². The molecule has 15 heavy (non-hydrogen) atoms. The minimum absolute atomic E-state index is 0.295. The summed E-state index contributed by atoms with van der Waals surface area (Å²) >= 11 is 0. The summed E-state index contributed by atoms with van der Waals surface area (Å²) in [6, 6.07) is 0.